The van der Waals surface area contributed by atoms with Crippen molar-refractivity contribution in [3.8, 4) is 0 Å². The molecule has 29 heavy (non-hydrogen) atoms. The third-order valence-corrected chi connectivity index (χ3v) is 5.10. The normalized spacial score (nSPS) is 13.2. The van der Waals surface area contributed by atoms with E-state index in [-0.39, 0.29) is 17.4 Å². The first-order chi connectivity index (χ1) is 14.0. The molecular weight excluding hydrogens is 366 g/mol. The van der Waals surface area contributed by atoms with E-state index in [1.165, 1.54) is 23.0 Å². The average Bonchev–Trinajstić information content (AvgIpc) is 3.28. The minimum atomic E-state index is -0.431. The largest absolute Gasteiger partial charge is 0.268 e. The van der Waals surface area contributed by atoms with Gasteiger partial charge in [0.2, 0.25) is 0 Å². The summed E-state index contributed by atoms with van der Waals surface area (Å²) in [6, 6.07) is 19.1. The molecule has 2 amide bonds. The van der Waals surface area contributed by atoms with E-state index < -0.39 is 5.91 Å². The number of amides is 2. The highest BCUT2D eigenvalue weighted by Gasteiger charge is 2.37. The Morgan fingerprint density at radius 2 is 1.59 bits per heavy atom. The fraction of sp³-hybridized carbons (Fsp3) is 0.0435. The van der Waals surface area contributed by atoms with Crippen LogP contribution < -0.4 is 4.90 Å². The number of benzene rings is 3. The number of carbonyl (C=O) groups is 3. The molecule has 4 aromatic rings. The Morgan fingerprint density at radius 3 is 2.38 bits per heavy atom. The van der Waals surface area contributed by atoms with Gasteiger partial charge in [-0.15, -0.1) is 0 Å². The number of imidazole rings is 1. The molecule has 0 bridgehead atoms. The van der Waals surface area contributed by atoms with Crippen LogP contribution in [0.4, 0.5) is 5.69 Å². The number of hydrogen-bond donors (Lipinski definition) is 0. The molecule has 2 heterocycles. The Balaban J connectivity index is 1.55. The lowest BCUT2D eigenvalue weighted by atomic mass is 10.1. The highest BCUT2D eigenvalue weighted by atomic mass is 16.2. The maximum absolute atomic E-state index is 13.0. The van der Waals surface area contributed by atoms with Gasteiger partial charge < -0.3 is 0 Å². The van der Waals surface area contributed by atoms with Crippen LogP contribution in [-0.4, -0.2) is 27.3 Å². The van der Waals surface area contributed by atoms with E-state index in [0.717, 1.165) is 10.5 Å². The van der Waals surface area contributed by atoms with Crippen molar-refractivity contribution in [2.75, 3.05) is 4.90 Å². The molecule has 0 spiro atoms. The standard InChI is InChI=1S/C23H15N3O3/c1-14-6-9-16(10-7-14)26-22(28)17-11-8-15(12-18(17)23(26)29)21(27)25-13-24-19-4-2-3-5-20(19)25/h2-13H,1H3. The summed E-state index contributed by atoms with van der Waals surface area (Å²) in [7, 11) is 0. The van der Waals surface area contributed by atoms with Crippen LogP contribution in [0.3, 0.4) is 0 Å². The maximum Gasteiger partial charge on any atom is 0.266 e. The van der Waals surface area contributed by atoms with Gasteiger partial charge in [-0.05, 0) is 49.4 Å². The quantitative estimate of drug-likeness (QED) is 0.495. The van der Waals surface area contributed by atoms with Crippen LogP contribution >= 0.6 is 0 Å². The highest BCUT2D eigenvalue weighted by Crippen LogP contribution is 2.29. The number of rotatable bonds is 2. The van der Waals surface area contributed by atoms with Crippen LogP contribution in [0.5, 0.6) is 0 Å². The summed E-state index contributed by atoms with van der Waals surface area (Å²) < 4.78 is 1.44. The second-order valence-electron chi connectivity index (χ2n) is 6.95. The smallest absolute Gasteiger partial charge is 0.266 e. The van der Waals surface area contributed by atoms with E-state index in [0.29, 0.717) is 27.8 Å². The van der Waals surface area contributed by atoms with Crippen molar-refractivity contribution in [2.24, 2.45) is 0 Å². The molecule has 3 aromatic carbocycles. The summed E-state index contributed by atoms with van der Waals surface area (Å²) in [5, 5.41) is 0. The molecule has 0 saturated heterocycles. The number of carbonyl (C=O) groups excluding carboxylic acids is 3. The molecular formula is C23H15N3O3. The van der Waals surface area contributed by atoms with Gasteiger partial charge >= 0.3 is 0 Å². The van der Waals surface area contributed by atoms with Gasteiger partial charge in [0.1, 0.15) is 6.33 Å². The van der Waals surface area contributed by atoms with Gasteiger partial charge in [-0.2, -0.15) is 0 Å². The molecule has 1 aromatic heterocycles. The van der Waals surface area contributed by atoms with E-state index >= 15 is 0 Å². The Kier molecular flexibility index (Phi) is 3.67. The van der Waals surface area contributed by atoms with Gasteiger partial charge in [0, 0.05) is 5.56 Å². The lowest BCUT2D eigenvalue weighted by Crippen LogP contribution is -2.29. The summed E-state index contributed by atoms with van der Waals surface area (Å²) in [5.74, 6) is -1.13. The van der Waals surface area contributed by atoms with E-state index in [4.69, 9.17) is 0 Å². The molecule has 6 heteroatoms. The number of hydrogen-bond acceptors (Lipinski definition) is 4. The van der Waals surface area contributed by atoms with Gasteiger partial charge in [-0.1, -0.05) is 29.8 Å². The molecule has 0 radical (unpaired) electrons. The molecule has 0 unspecified atom stereocenters. The molecule has 140 valence electrons. The van der Waals surface area contributed by atoms with E-state index in [2.05, 4.69) is 4.98 Å². The van der Waals surface area contributed by atoms with Crippen LogP contribution in [0.2, 0.25) is 0 Å². The molecule has 1 aliphatic rings. The number of anilines is 1. The van der Waals surface area contributed by atoms with Crippen molar-refractivity contribution >= 4 is 34.4 Å². The zero-order valence-corrected chi connectivity index (χ0v) is 15.5. The summed E-state index contributed by atoms with van der Waals surface area (Å²) in [5.41, 5.74) is 3.77. The second-order valence-corrected chi connectivity index (χ2v) is 6.95. The Bertz CT molecular complexity index is 1320. The molecule has 6 nitrogen and oxygen atoms in total. The first-order valence-corrected chi connectivity index (χ1v) is 9.11. The van der Waals surface area contributed by atoms with E-state index in [1.54, 1.807) is 24.3 Å². The Morgan fingerprint density at radius 1 is 0.862 bits per heavy atom. The molecule has 0 atom stereocenters. The molecule has 0 N–H and O–H groups in total. The summed E-state index contributed by atoms with van der Waals surface area (Å²) in [6.07, 6.45) is 1.46. The molecule has 0 fully saturated rings. The highest BCUT2D eigenvalue weighted by molar-refractivity contribution is 6.34. The lowest BCUT2D eigenvalue weighted by molar-refractivity contribution is 0.0924. The molecule has 0 aliphatic carbocycles. The maximum atomic E-state index is 13.0. The summed E-state index contributed by atoms with van der Waals surface area (Å²) in [6.45, 7) is 1.93. The number of aryl methyl sites for hydroxylation is 1. The molecule has 1 aliphatic heterocycles. The van der Waals surface area contributed by atoms with Crippen molar-refractivity contribution in [3.63, 3.8) is 0 Å². The first kappa shape index (κ1) is 17.1. The zero-order valence-electron chi connectivity index (χ0n) is 15.5. The number of aromatic nitrogens is 2. The molecule has 5 rings (SSSR count). The van der Waals surface area contributed by atoms with Crippen molar-refractivity contribution < 1.29 is 14.4 Å². The predicted molar refractivity (Wildman–Crippen MR) is 108 cm³/mol. The van der Waals surface area contributed by atoms with Crippen LogP contribution in [0.1, 0.15) is 36.6 Å². The summed E-state index contributed by atoms with van der Waals surface area (Å²) in [4.78, 5) is 44.1. The number of imide groups is 1. The minimum absolute atomic E-state index is 0.228. The number of para-hydroxylation sites is 2. The zero-order chi connectivity index (χ0) is 20.1. The van der Waals surface area contributed by atoms with Crippen LogP contribution in [0, 0.1) is 6.92 Å². The predicted octanol–water partition coefficient (Wildman–Crippen LogP) is 3.83. The fourth-order valence-corrected chi connectivity index (χ4v) is 3.56. The Hall–Kier alpha value is -4.06. The third-order valence-electron chi connectivity index (χ3n) is 5.10. The van der Waals surface area contributed by atoms with Gasteiger partial charge in [-0.3, -0.25) is 19.0 Å². The van der Waals surface area contributed by atoms with Gasteiger partial charge in [0.15, 0.2) is 0 Å². The fourth-order valence-electron chi connectivity index (χ4n) is 3.56. The lowest BCUT2D eigenvalue weighted by Gasteiger charge is -2.13. The SMILES string of the molecule is Cc1ccc(N2C(=O)c3ccc(C(=O)n4cnc5ccccc54)cc3C2=O)cc1. The van der Waals surface area contributed by atoms with Crippen molar-refractivity contribution in [1.82, 2.24) is 9.55 Å². The van der Waals surface area contributed by atoms with E-state index in [9.17, 15) is 14.4 Å². The first-order valence-electron chi connectivity index (χ1n) is 9.11. The van der Waals surface area contributed by atoms with E-state index in [1.807, 2.05) is 37.3 Å². The number of fused-ring (bicyclic) bond motifs is 2. The topological polar surface area (TPSA) is 72.3 Å². The number of nitrogens with zero attached hydrogens (tertiary/aromatic N) is 3. The monoisotopic (exact) mass is 381 g/mol. The van der Waals surface area contributed by atoms with Gasteiger partial charge in [0.05, 0.1) is 27.8 Å². The average molecular weight is 381 g/mol. The van der Waals surface area contributed by atoms with Gasteiger partial charge in [-0.25, -0.2) is 9.88 Å². The summed E-state index contributed by atoms with van der Waals surface area (Å²) >= 11 is 0. The molecule has 0 saturated carbocycles. The van der Waals surface area contributed by atoms with Crippen molar-refractivity contribution in [1.29, 1.82) is 0 Å². The third kappa shape index (κ3) is 2.57. The van der Waals surface area contributed by atoms with Crippen molar-refractivity contribution in [2.45, 2.75) is 6.92 Å². The van der Waals surface area contributed by atoms with Crippen LogP contribution in [-0.2, 0) is 0 Å². The van der Waals surface area contributed by atoms with Crippen molar-refractivity contribution in [3.05, 3.63) is 95.3 Å². The van der Waals surface area contributed by atoms with Gasteiger partial charge in [0.25, 0.3) is 17.7 Å². The van der Waals surface area contributed by atoms with Crippen LogP contribution in [0.15, 0.2) is 73.1 Å². The second kappa shape index (κ2) is 6.24. The minimum Gasteiger partial charge on any atom is -0.268 e. The van der Waals surface area contributed by atoms with Crippen LogP contribution in [0.25, 0.3) is 11.0 Å². The Labute approximate surface area is 166 Å².